The van der Waals surface area contributed by atoms with Gasteiger partial charge in [-0.3, -0.25) is 0 Å². The smallest absolute Gasteiger partial charge is 0.128 e. The Balaban J connectivity index is 1.87. The second-order valence-corrected chi connectivity index (χ2v) is 5.06. The Bertz CT molecular complexity index is 409. The molecule has 1 aromatic carbocycles. The fourth-order valence-corrected chi connectivity index (χ4v) is 2.48. The van der Waals surface area contributed by atoms with Crippen LogP contribution in [0.4, 0.5) is 0 Å². The molecule has 1 aliphatic rings. The first kappa shape index (κ1) is 16.1. The summed E-state index contributed by atoms with van der Waals surface area (Å²) in [7, 11) is 3.33. The standard InChI is InChI=1S/C16H25NO4/c1-4-17-14-11-15(16(14)20-10-9-18-2)21-13-7-5-12(19-3)6-8-13/h5-8,14-17H,4,9-11H2,1-3H3. The van der Waals surface area contributed by atoms with Crippen LogP contribution in [0.2, 0.25) is 0 Å². The molecule has 0 heterocycles. The van der Waals surface area contributed by atoms with E-state index in [1.165, 1.54) is 0 Å². The highest BCUT2D eigenvalue weighted by Crippen LogP contribution is 2.30. The zero-order chi connectivity index (χ0) is 15.1. The number of likely N-dealkylation sites (N-methyl/N-ethyl adjacent to an activating group) is 1. The summed E-state index contributed by atoms with van der Waals surface area (Å²) in [6, 6.07) is 8.00. The molecule has 1 fully saturated rings. The quantitative estimate of drug-likeness (QED) is 0.705. The topological polar surface area (TPSA) is 49.0 Å². The maximum atomic E-state index is 6.01. The maximum Gasteiger partial charge on any atom is 0.128 e. The van der Waals surface area contributed by atoms with Crippen LogP contribution in [-0.2, 0) is 9.47 Å². The molecule has 0 saturated heterocycles. The Morgan fingerprint density at radius 2 is 1.81 bits per heavy atom. The maximum absolute atomic E-state index is 6.01. The lowest BCUT2D eigenvalue weighted by Gasteiger charge is -2.44. The minimum Gasteiger partial charge on any atom is -0.497 e. The lowest BCUT2D eigenvalue weighted by molar-refractivity contribution is -0.115. The van der Waals surface area contributed by atoms with Crippen molar-refractivity contribution >= 4 is 0 Å². The van der Waals surface area contributed by atoms with Gasteiger partial charge in [-0.1, -0.05) is 6.92 Å². The van der Waals surface area contributed by atoms with Gasteiger partial charge < -0.3 is 24.3 Å². The van der Waals surface area contributed by atoms with E-state index in [9.17, 15) is 0 Å². The van der Waals surface area contributed by atoms with Crippen molar-refractivity contribution in [3.63, 3.8) is 0 Å². The molecule has 0 bridgehead atoms. The highest BCUT2D eigenvalue weighted by molar-refractivity contribution is 5.31. The molecule has 0 amide bonds. The minimum absolute atomic E-state index is 0.0715. The zero-order valence-corrected chi connectivity index (χ0v) is 13.0. The molecule has 2 rings (SSSR count). The molecule has 21 heavy (non-hydrogen) atoms. The molecular formula is C16H25NO4. The number of nitrogens with one attached hydrogen (secondary N) is 1. The molecule has 3 unspecified atom stereocenters. The molecule has 5 heteroatoms. The van der Waals surface area contributed by atoms with Gasteiger partial charge in [-0.05, 0) is 30.8 Å². The summed E-state index contributed by atoms with van der Waals surface area (Å²) >= 11 is 0. The molecule has 1 aromatic rings. The van der Waals surface area contributed by atoms with Crippen molar-refractivity contribution in [2.24, 2.45) is 0 Å². The van der Waals surface area contributed by atoms with Crippen LogP contribution in [0.5, 0.6) is 11.5 Å². The summed E-state index contributed by atoms with van der Waals surface area (Å²) in [5.41, 5.74) is 0. The predicted octanol–water partition coefficient (Wildman–Crippen LogP) is 1.86. The molecule has 5 nitrogen and oxygen atoms in total. The Hall–Kier alpha value is -1.30. The van der Waals surface area contributed by atoms with Crippen molar-refractivity contribution in [1.29, 1.82) is 0 Å². The molecule has 1 N–H and O–H groups in total. The summed E-state index contributed by atoms with van der Waals surface area (Å²) in [6.07, 6.45) is 1.11. The van der Waals surface area contributed by atoms with Gasteiger partial charge >= 0.3 is 0 Å². The van der Waals surface area contributed by atoms with E-state index in [0.717, 1.165) is 24.5 Å². The number of methoxy groups -OCH3 is 2. The lowest BCUT2D eigenvalue weighted by Crippen LogP contribution is -2.61. The van der Waals surface area contributed by atoms with Crippen molar-refractivity contribution in [2.45, 2.75) is 31.6 Å². The van der Waals surface area contributed by atoms with Crippen molar-refractivity contribution in [3.8, 4) is 11.5 Å². The monoisotopic (exact) mass is 295 g/mol. The highest BCUT2D eigenvalue weighted by atomic mass is 16.6. The highest BCUT2D eigenvalue weighted by Gasteiger charge is 2.43. The van der Waals surface area contributed by atoms with E-state index in [1.807, 2.05) is 24.3 Å². The average molecular weight is 295 g/mol. The van der Waals surface area contributed by atoms with E-state index in [0.29, 0.717) is 19.3 Å². The van der Waals surface area contributed by atoms with Gasteiger partial charge in [-0.15, -0.1) is 0 Å². The van der Waals surface area contributed by atoms with Crippen LogP contribution in [0.3, 0.4) is 0 Å². The third-order valence-corrected chi connectivity index (χ3v) is 3.66. The number of benzene rings is 1. The van der Waals surface area contributed by atoms with E-state index in [-0.39, 0.29) is 12.2 Å². The third-order valence-electron chi connectivity index (χ3n) is 3.66. The van der Waals surface area contributed by atoms with Crippen molar-refractivity contribution in [1.82, 2.24) is 5.32 Å². The van der Waals surface area contributed by atoms with Gasteiger partial charge in [0.15, 0.2) is 0 Å². The fraction of sp³-hybridized carbons (Fsp3) is 0.625. The van der Waals surface area contributed by atoms with Gasteiger partial charge in [0.1, 0.15) is 23.7 Å². The van der Waals surface area contributed by atoms with Crippen LogP contribution >= 0.6 is 0 Å². The van der Waals surface area contributed by atoms with E-state index in [1.54, 1.807) is 14.2 Å². The van der Waals surface area contributed by atoms with Crippen molar-refractivity contribution in [2.75, 3.05) is 34.0 Å². The second-order valence-electron chi connectivity index (χ2n) is 5.06. The van der Waals surface area contributed by atoms with Crippen molar-refractivity contribution in [3.05, 3.63) is 24.3 Å². The zero-order valence-electron chi connectivity index (χ0n) is 13.0. The van der Waals surface area contributed by atoms with Crippen LogP contribution in [0.25, 0.3) is 0 Å². The molecule has 0 aliphatic heterocycles. The number of hydrogen-bond donors (Lipinski definition) is 1. The first-order valence-electron chi connectivity index (χ1n) is 7.43. The summed E-state index contributed by atoms with van der Waals surface area (Å²) in [6.45, 7) is 4.23. The van der Waals surface area contributed by atoms with Crippen molar-refractivity contribution < 1.29 is 18.9 Å². The van der Waals surface area contributed by atoms with E-state index < -0.39 is 0 Å². The molecule has 0 aromatic heterocycles. The van der Waals surface area contributed by atoms with Gasteiger partial charge in [0.05, 0.1) is 20.3 Å². The first-order valence-corrected chi connectivity index (χ1v) is 7.43. The Morgan fingerprint density at radius 1 is 1.10 bits per heavy atom. The first-order chi connectivity index (χ1) is 10.3. The summed E-state index contributed by atoms with van der Waals surface area (Å²) in [5.74, 6) is 1.67. The molecule has 0 radical (unpaired) electrons. The molecule has 3 atom stereocenters. The molecular weight excluding hydrogens is 270 g/mol. The van der Waals surface area contributed by atoms with Gasteiger partial charge in [0.2, 0.25) is 0 Å². The largest absolute Gasteiger partial charge is 0.497 e. The van der Waals surface area contributed by atoms with Gasteiger partial charge in [0.25, 0.3) is 0 Å². The molecule has 1 aliphatic carbocycles. The summed E-state index contributed by atoms with van der Waals surface area (Å²) in [4.78, 5) is 0. The normalized spacial score (nSPS) is 24.4. The summed E-state index contributed by atoms with van der Waals surface area (Å²) < 4.78 is 22.1. The van der Waals surface area contributed by atoms with Crippen LogP contribution in [0.15, 0.2) is 24.3 Å². The Morgan fingerprint density at radius 3 is 2.43 bits per heavy atom. The van der Waals surface area contributed by atoms with E-state index in [4.69, 9.17) is 18.9 Å². The fourth-order valence-electron chi connectivity index (χ4n) is 2.48. The van der Waals surface area contributed by atoms with Gasteiger partial charge in [-0.2, -0.15) is 0 Å². The van der Waals surface area contributed by atoms with E-state index >= 15 is 0 Å². The van der Waals surface area contributed by atoms with E-state index in [2.05, 4.69) is 12.2 Å². The number of ether oxygens (including phenoxy) is 4. The van der Waals surface area contributed by atoms with Crippen LogP contribution in [-0.4, -0.2) is 52.2 Å². The Kier molecular flexibility index (Phi) is 6.29. The molecule has 118 valence electrons. The lowest BCUT2D eigenvalue weighted by atomic mass is 9.85. The minimum atomic E-state index is 0.0715. The second kappa shape index (κ2) is 8.22. The predicted molar refractivity (Wildman–Crippen MR) is 81.1 cm³/mol. The van der Waals surface area contributed by atoms with Crippen LogP contribution < -0.4 is 14.8 Å². The average Bonchev–Trinajstić information content (AvgIpc) is 2.51. The summed E-state index contributed by atoms with van der Waals surface area (Å²) in [5, 5.41) is 3.43. The third kappa shape index (κ3) is 4.33. The SMILES string of the molecule is CCNC1CC(Oc2ccc(OC)cc2)C1OCCOC. The Labute approximate surface area is 126 Å². The van der Waals surface area contributed by atoms with Gasteiger partial charge in [0, 0.05) is 19.6 Å². The molecule has 1 saturated carbocycles. The molecule has 0 spiro atoms. The number of rotatable bonds is 9. The van der Waals surface area contributed by atoms with Crippen LogP contribution in [0.1, 0.15) is 13.3 Å². The number of hydrogen-bond acceptors (Lipinski definition) is 5. The van der Waals surface area contributed by atoms with Gasteiger partial charge in [-0.25, -0.2) is 0 Å². The van der Waals surface area contributed by atoms with Crippen LogP contribution in [0, 0.1) is 0 Å².